The molecule has 2 amide bonds. The lowest BCUT2D eigenvalue weighted by Crippen LogP contribution is -2.51. The number of carbonyl (C=O) groups is 2. The zero-order chi connectivity index (χ0) is 23.0. The third-order valence-electron chi connectivity index (χ3n) is 4.68. The molecule has 0 unspecified atom stereocenters. The molecule has 0 aliphatic carbocycles. The molecule has 31 heavy (non-hydrogen) atoms. The van der Waals surface area contributed by atoms with Crippen molar-refractivity contribution in [1.29, 1.82) is 0 Å². The average molecular weight is 510 g/mol. The predicted octanol–water partition coefficient (Wildman–Crippen LogP) is 3.16. The van der Waals surface area contributed by atoms with E-state index in [-0.39, 0.29) is 12.5 Å². The van der Waals surface area contributed by atoms with Gasteiger partial charge in [-0.25, -0.2) is 8.42 Å². The van der Waals surface area contributed by atoms with Gasteiger partial charge in [0.15, 0.2) is 0 Å². The van der Waals surface area contributed by atoms with Crippen LogP contribution in [0.25, 0.3) is 0 Å². The molecule has 0 fully saturated rings. The molecule has 0 bridgehead atoms. The first-order chi connectivity index (χ1) is 14.6. The largest absolute Gasteiger partial charge is 0.354 e. The third kappa shape index (κ3) is 7.36. The van der Waals surface area contributed by atoms with E-state index in [0.29, 0.717) is 12.2 Å². The quantitative estimate of drug-likeness (QED) is 0.532. The fourth-order valence-corrected chi connectivity index (χ4v) is 4.31. The smallest absolute Gasteiger partial charge is 0.244 e. The number of carbonyl (C=O) groups excluding carboxylic acids is 2. The topological polar surface area (TPSA) is 86.8 Å². The number of sulfonamides is 1. The van der Waals surface area contributed by atoms with Crippen molar-refractivity contribution in [2.45, 2.75) is 32.9 Å². The number of halogens is 1. The number of hydrogen-bond acceptors (Lipinski definition) is 4. The lowest BCUT2D eigenvalue weighted by atomic mass is 10.1. The molecule has 2 aromatic carbocycles. The first kappa shape index (κ1) is 24.9. The monoisotopic (exact) mass is 509 g/mol. The van der Waals surface area contributed by atoms with Gasteiger partial charge in [-0.2, -0.15) is 0 Å². The van der Waals surface area contributed by atoms with Gasteiger partial charge in [0.05, 0.1) is 11.9 Å². The van der Waals surface area contributed by atoms with E-state index in [9.17, 15) is 18.0 Å². The van der Waals surface area contributed by atoms with Crippen LogP contribution in [0.5, 0.6) is 0 Å². The molecule has 0 aromatic heterocycles. The number of nitrogens with zero attached hydrogens (tertiary/aromatic N) is 2. The van der Waals surface area contributed by atoms with Gasteiger partial charge < -0.3 is 10.2 Å². The second kappa shape index (κ2) is 11.3. The Morgan fingerprint density at radius 2 is 1.77 bits per heavy atom. The number of rotatable bonds is 10. The van der Waals surface area contributed by atoms with Crippen LogP contribution >= 0.6 is 15.9 Å². The molecule has 0 radical (unpaired) electrons. The van der Waals surface area contributed by atoms with Gasteiger partial charge in [0, 0.05) is 17.6 Å². The fourth-order valence-electron chi connectivity index (χ4n) is 3.02. The summed E-state index contributed by atoms with van der Waals surface area (Å²) >= 11 is 3.42. The molecule has 1 atom stereocenters. The Morgan fingerprint density at radius 1 is 1.10 bits per heavy atom. The summed E-state index contributed by atoms with van der Waals surface area (Å²) in [7, 11) is -3.71. The number of para-hydroxylation sites is 1. The van der Waals surface area contributed by atoms with E-state index in [1.165, 1.54) is 4.90 Å². The van der Waals surface area contributed by atoms with Gasteiger partial charge in [-0.05, 0) is 43.2 Å². The molecule has 1 N–H and O–H groups in total. The van der Waals surface area contributed by atoms with Crippen molar-refractivity contribution in [3.05, 3.63) is 64.6 Å². The van der Waals surface area contributed by atoms with Crippen LogP contribution in [0.1, 0.15) is 25.8 Å². The van der Waals surface area contributed by atoms with Gasteiger partial charge in [0.2, 0.25) is 21.8 Å². The Labute approximate surface area is 192 Å². The molecule has 0 aliphatic heterocycles. The van der Waals surface area contributed by atoms with Crippen molar-refractivity contribution < 1.29 is 18.0 Å². The molecule has 9 heteroatoms. The van der Waals surface area contributed by atoms with Crippen LogP contribution in [0.4, 0.5) is 5.69 Å². The summed E-state index contributed by atoms with van der Waals surface area (Å²) in [5.74, 6) is -0.746. The normalized spacial score (nSPS) is 12.1. The van der Waals surface area contributed by atoms with Crippen LogP contribution in [0.15, 0.2) is 59.1 Å². The van der Waals surface area contributed by atoms with Crippen LogP contribution in [0.2, 0.25) is 0 Å². The van der Waals surface area contributed by atoms with Crippen molar-refractivity contribution in [2.24, 2.45) is 0 Å². The highest BCUT2D eigenvalue weighted by molar-refractivity contribution is 9.10. The third-order valence-corrected chi connectivity index (χ3v) is 6.32. The van der Waals surface area contributed by atoms with E-state index in [4.69, 9.17) is 0 Å². The molecular weight excluding hydrogens is 482 g/mol. The van der Waals surface area contributed by atoms with E-state index in [1.54, 1.807) is 37.3 Å². The molecule has 2 rings (SSSR count). The summed E-state index contributed by atoms with van der Waals surface area (Å²) < 4.78 is 26.7. The van der Waals surface area contributed by atoms with Crippen LogP contribution in [0.3, 0.4) is 0 Å². The van der Waals surface area contributed by atoms with Crippen molar-refractivity contribution in [3.63, 3.8) is 0 Å². The predicted molar refractivity (Wildman–Crippen MR) is 126 cm³/mol. The Morgan fingerprint density at radius 3 is 2.35 bits per heavy atom. The number of nitrogens with one attached hydrogen (secondary N) is 1. The van der Waals surface area contributed by atoms with Crippen LogP contribution < -0.4 is 9.62 Å². The average Bonchev–Trinajstić information content (AvgIpc) is 2.73. The highest BCUT2D eigenvalue weighted by atomic mass is 79.9. The minimum Gasteiger partial charge on any atom is -0.354 e. The van der Waals surface area contributed by atoms with Crippen LogP contribution in [-0.2, 0) is 26.2 Å². The van der Waals surface area contributed by atoms with Gasteiger partial charge in [0.25, 0.3) is 0 Å². The van der Waals surface area contributed by atoms with Gasteiger partial charge in [-0.3, -0.25) is 13.9 Å². The van der Waals surface area contributed by atoms with Crippen molar-refractivity contribution in [3.8, 4) is 0 Å². The summed E-state index contributed by atoms with van der Waals surface area (Å²) in [5, 5.41) is 2.81. The van der Waals surface area contributed by atoms with E-state index < -0.39 is 28.5 Å². The minimum atomic E-state index is -3.71. The zero-order valence-corrected chi connectivity index (χ0v) is 20.3. The van der Waals surface area contributed by atoms with Crippen molar-refractivity contribution in [1.82, 2.24) is 10.2 Å². The van der Waals surface area contributed by atoms with E-state index >= 15 is 0 Å². The van der Waals surface area contributed by atoms with Crippen molar-refractivity contribution in [2.75, 3.05) is 23.7 Å². The van der Waals surface area contributed by atoms with Gasteiger partial charge in [-0.15, -0.1) is 0 Å². The fraction of sp³-hybridized carbons (Fsp3) is 0.364. The zero-order valence-electron chi connectivity index (χ0n) is 17.9. The number of benzene rings is 2. The molecule has 168 valence electrons. The molecule has 2 aromatic rings. The Hall–Kier alpha value is -2.39. The lowest BCUT2D eigenvalue weighted by Gasteiger charge is -2.31. The SMILES string of the molecule is CCCNC(=O)[C@@H](C)N(Cc1cccc(Br)c1)C(=O)CN(c1ccccc1)S(C)(=O)=O. The van der Waals surface area contributed by atoms with Gasteiger partial charge in [-0.1, -0.05) is 53.2 Å². The molecule has 0 heterocycles. The van der Waals surface area contributed by atoms with Crippen LogP contribution in [0, 0.1) is 0 Å². The standard InChI is InChI=1S/C22H28BrN3O4S/c1-4-13-24-22(28)17(2)25(15-18-9-8-10-19(23)14-18)21(27)16-26(31(3,29)30)20-11-6-5-7-12-20/h5-12,14,17H,4,13,15-16H2,1-3H3,(H,24,28)/t17-/m1/s1. The second-order valence-electron chi connectivity index (χ2n) is 7.22. The maximum atomic E-state index is 13.3. The first-order valence-corrected chi connectivity index (χ1v) is 12.6. The molecule has 0 saturated carbocycles. The number of anilines is 1. The molecule has 7 nitrogen and oxygen atoms in total. The van der Waals surface area contributed by atoms with E-state index in [0.717, 1.165) is 27.0 Å². The minimum absolute atomic E-state index is 0.172. The molecular formula is C22H28BrN3O4S. The van der Waals surface area contributed by atoms with Gasteiger partial charge >= 0.3 is 0 Å². The van der Waals surface area contributed by atoms with Gasteiger partial charge in [0.1, 0.15) is 12.6 Å². The summed E-state index contributed by atoms with van der Waals surface area (Å²) in [6.45, 7) is 3.86. The van der Waals surface area contributed by atoms with E-state index in [1.807, 2.05) is 31.2 Å². The Bertz CT molecular complexity index is 999. The highest BCUT2D eigenvalue weighted by Crippen LogP contribution is 2.19. The first-order valence-electron chi connectivity index (χ1n) is 9.98. The molecule has 0 aliphatic rings. The molecule has 0 saturated heterocycles. The summed E-state index contributed by atoms with van der Waals surface area (Å²) in [6.07, 6.45) is 1.83. The second-order valence-corrected chi connectivity index (χ2v) is 10.0. The lowest BCUT2D eigenvalue weighted by molar-refractivity contribution is -0.139. The molecule has 0 spiro atoms. The van der Waals surface area contributed by atoms with Crippen molar-refractivity contribution >= 4 is 43.5 Å². The maximum Gasteiger partial charge on any atom is 0.244 e. The van der Waals surface area contributed by atoms with E-state index in [2.05, 4.69) is 21.2 Å². The number of amides is 2. The summed E-state index contributed by atoms with van der Waals surface area (Å²) in [4.78, 5) is 27.3. The maximum absolute atomic E-state index is 13.3. The highest BCUT2D eigenvalue weighted by Gasteiger charge is 2.29. The Kier molecular flexibility index (Phi) is 9.06. The Balaban J connectivity index is 2.34. The summed E-state index contributed by atoms with van der Waals surface area (Å²) in [6, 6.07) is 15.1. The number of hydrogen-bond donors (Lipinski definition) is 1. The van der Waals surface area contributed by atoms with Crippen LogP contribution in [-0.4, -0.2) is 50.5 Å². The summed E-state index contributed by atoms with van der Waals surface area (Å²) in [5.41, 5.74) is 1.22.